The second-order valence-corrected chi connectivity index (χ2v) is 5.62. The van der Waals surface area contributed by atoms with Gasteiger partial charge in [-0.2, -0.15) is 0 Å². The first-order chi connectivity index (χ1) is 11.0. The van der Waals surface area contributed by atoms with Gasteiger partial charge in [0.1, 0.15) is 5.75 Å². The third kappa shape index (κ3) is 3.67. The van der Waals surface area contributed by atoms with Gasteiger partial charge in [-0.05, 0) is 56.7 Å². The van der Waals surface area contributed by atoms with E-state index < -0.39 is 0 Å². The molecule has 0 unspecified atom stereocenters. The highest BCUT2D eigenvalue weighted by molar-refractivity contribution is 5.77. The maximum atomic E-state index is 5.97. The van der Waals surface area contributed by atoms with E-state index in [2.05, 4.69) is 41.6 Å². The minimum atomic E-state index is 0.571. The lowest BCUT2D eigenvalue weighted by molar-refractivity contribution is 0.414. The third-order valence-electron chi connectivity index (χ3n) is 3.99. The van der Waals surface area contributed by atoms with E-state index in [1.807, 2.05) is 31.0 Å². The molecular weight excluding hydrogens is 288 g/mol. The monoisotopic (exact) mass is 314 g/mol. The van der Waals surface area contributed by atoms with Crippen LogP contribution in [0.1, 0.15) is 23.9 Å². The Morgan fingerprint density at radius 3 is 2.48 bits per heavy atom. The Hall–Kier alpha value is -2.43. The van der Waals surface area contributed by atoms with Gasteiger partial charge in [0.05, 0.1) is 7.11 Å². The van der Waals surface area contributed by atoms with Crippen LogP contribution in [-0.4, -0.2) is 36.1 Å². The van der Waals surface area contributed by atoms with E-state index >= 15 is 0 Å². The molecule has 0 aliphatic heterocycles. The van der Waals surface area contributed by atoms with Gasteiger partial charge in [0.2, 0.25) is 0 Å². The number of nitrogens with two attached hydrogens (primary N) is 1. The van der Waals surface area contributed by atoms with E-state index in [0.29, 0.717) is 12.5 Å². The lowest BCUT2D eigenvalue weighted by Gasteiger charge is -2.18. The summed E-state index contributed by atoms with van der Waals surface area (Å²) in [5, 5.41) is 0. The Morgan fingerprint density at radius 1 is 1.26 bits per heavy atom. The molecule has 0 fully saturated rings. The van der Waals surface area contributed by atoms with Gasteiger partial charge in [-0.25, -0.2) is 0 Å². The van der Waals surface area contributed by atoms with Crippen LogP contribution in [0, 0.1) is 13.8 Å². The summed E-state index contributed by atoms with van der Waals surface area (Å²) in [5.74, 6) is 1.43. The quantitative estimate of drug-likeness (QED) is 0.682. The normalized spacial score (nSPS) is 11.6. The van der Waals surface area contributed by atoms with E-state index in [4.69, 9.17) is 10.5 Å². The first kappa shape index (κ1) is 16.9. The zero-order chi connectivity index (χ0) is 17.0. The lowest BCUT2D eigenvalue weighted by Crippen LogP contribution is -2.33. The molecule has 5 nitrogen and oxygen atoms in total. The van der Waals surface area contributed by atoms with Crippen molar-refractivity contribution in [3.63, 3.8) is 0 Å². The van der Waals surface area contributed by atoms with Gasteiger partial charge in [0, 0.05) is 37.2 Å². The Balaban J connectivity index is 2.30. The molecule has 1 aromatic heterocycles. The summed E-state index contributed by atoms with van der Waals surface area (Å²) in [6.45, 7) is 7.67. The van der Waals surface area contributed by atoms with E-state index in [1.165, 1.54) is 17.0 Å². The standard InChI is InChI=1S/C18H26N4O/c1-6-20-18(19)21(4)12-15-11-13(2)22(14(15)3)16-7-9-17(23-5)10-8-16/h7-11H,6,12H2,1-5H3,(H2,19,20). The summed E-state index contributed by atoms with van der Waals surface area (Å²) in [6.07, 6.45) is 0. The molecule has 2 rings (SSSR count). The van der Waals surface area contributed by atoms with Gasteiger partial charge in [0.25, 0.3) is 0 Å². The molecule has 0 spiro atoms. The molecule has 0 saturated carbocycles. The smallest absolute Gasteiger partial charge is 0.191 e. The zero-order valence-electron chi connectivity index (χ0n) is 14.6. The second-order valence-electron chi connectivity index (χ2n) is 5.62. The van der Waals surface area contributed by atoms with Crippen LogP contribution in [0.3, 0.4) is 0 Å². The minimum Gasteiger partial charge on any atom is -0.497 e. The van der Waals surface area contributed by atoms with Crippen LogP contribution in [-0.2, 0) is 6.54 Å². The van der Waals surface area contributed by atoms with Crippen LogP contribution in [0.4, 0.5) is 0 Å². The second kappa shape index (κ2) is 7.22. The summed E-state index contributed by atoms with van der Waals surface area (Å²) in [6, 6.07) is 10.3. The molecule has 2 N–H and O–H groups in total. The van der Waals surface area contributed by atoms with E-state index in [9.17, 15) is 0 Å². The summed E-state index contributed by atoms with van der Waals surface area (Å²) in [7, 11) is 3.64. The van der Waals surface area contributed by atoms with Crippen LogP contribution in [0.5, 0.6) is 5.75 Å². The first-order valence-corrected chi connectivity index (χ1v) is 7.81. The third-order valence-corrected chi connectivity index (χ3v) is 3.99. The van der Waals surface area contributed by atoms with Crippen molar-refractivity contribution in [3.8, 4) is 11.4 Å². The largest absolute Gasteiger partial charge is 0.497 e. The van der Waals surface area contributed by atoms with Crippen molar-refractivity contribution in [2.75, 3.05) is 20.7 Å². The number of benzene rings is 1. The summed E-state index contributed by atoms with van der Waals surface area (Å²) < 4.78 is 7.48. The number of hydrogen-bond donors (Lipinski definition) is 1. The van der Waals surface area contributed by atoms with Gasteiger partial charge in [-0.1, -0.05) is 0 Å². The molecule has 0 aliphatic carbocycles. The number of nitrogens with zero attached hydrogens (tertiary/aromatic N) is 3. The van der Waals surface area contributed by atoms with Crippen LogP contribution in [0.25, 0.3) is 5.69 Å². The molecule has 5 heteroatoms. The Labute approximate surface area is 138 Å². The average molecular weight is 314 g/mol. The molecule has 0 amide bonds. The molecule has 0 bridgehead atoms. The van der Waals surface area contributed by atoms with E-state index in [1.54, 1.807) is 7.11 Å². The van der Waals surface area contributed by atoms with E-state index in [-0.39, 0.29) is 0 Å². The maximum absolute atomic E-state index is 5.97. The molecule has 124 valence electrons. The molecule has 0 radical (unpaired) electrons. The van der Waals surface area contributed by atoms with Gasteiger partial charge >= 0.3 is 0 Å². The molecule has 1 aromatic carbocycles. The molecule has 0 aliphatic rings. The summed E-state index contributed by atoms with van der Waals surface area (Å²) in [4.78, 5) is 6.23. The molecule has 23 heavy (non-hydrogen) atoms. The number of aliphatic imine (C=N–C) groups is 1. The number of hydrogen-bond acceptors (Lipinski definition) is 2. The fraction of sp³-hybridized carbons (Fsp3) is 0.389. The van der Waals surface area contributed by atoms with Crippen LogP contribution in [0.2, 0.25) is 0 Å². The summed E-state index contributed by atoms with van der Waals surface area (Å²) in [5.41, 5.74) is 10.8. The van der Waals surface area contributed by atoms with Gasteiger partial charge in [0.15, 0.2) is 5.96 Å². The SMILES string of the molecule is CCN=C(N)N(C)Cc1cc(C)n(-c2ccc(OC)cc2)c1C. The molecule has 2 aromatic rings. The molecular formula is C18H26N4O. The minimum absolute atomic E-state index is 0.571. The highest BCUT2D eigenvalue weighted by atomic mass is 16.5. The highest BCUT2D eigenvalue weighted by Gasteiger charge is 2.13. The lowest BCUT2D eigenvalue weighted by atomic mass is 10.2. The van der Waals surface area contributed by atoms with Crippen molar-refractivity contribution in [1.82, 2.24) is 9.47 Å². The predicted molar refractivity (Wildman–Crippen MR) is 95.4 cm³/mol. The maximum Gasteiger partial charge on any atom is 0.191 e. The molecule has 0 atom stereocenters. The fourth-order valence-corrected chi connectivity index (χ4v) is 2.74. The van der Waals surface area contributed by atoms with Crippen molar-refractivity contribution in [2.45, 2.75) is 27.3 Å². The van der Waals surface area contributed by atoms with Gasteiger partial charge in [-0.15, -0.1) is 0 Å². The number of aromatic nitrogens is 1. The Morgan fingerprint density at radius 2 is 1.91 bits per heavy atom. The van der Waals surface area contributed by atoms with Crippen LogP contribution < -0.4 is 10.5 Å². The number of methoxy groups -OCH3 is 1. The predicted octanol–water partition coefficient (Wildman–Crippen LogP) is 2.87. The van der Waals surface area contributed by atoms with Crippen molar-refractivity contribution in [1.29, 1.82) is 0 Å². The Kier molecular flexibility index (Phi) is 5.32. The molecule has 1 heterocycles. The van der Waals surface area contributed by atoms with Crippen LogP contribution in [0.15, 0.2) is 35.3 Å². The number of aryl methyl sites for hydroxylation is 1. The average Bonchev–Trinajstić information content (AvgIpc) is 2.81. The van der Waals surface area contributed by atoms with Crippen LogP contribution >= 0.6 is 0 Å². The number of ether oxygens (including phenoxy) is 1. The Bertz CT molecular complexity index is 686. The van der Waals surface area contributed by atoms with Crippen molar-refractivity contribution in [2.24, 2.45) is 10.7 Å². The summed E-state index contributed by atoms with van der Waals surface area (Å²) >= 11 is 0. The molecule has 0 saturated heterocycles. The zero-order valence-corrected chi connectivity index (χ0v) is 14.6. The van der Waals surface area contributed by atoms with Gasteiger partial charge < -0.3 is 19.9 Å². The fourth-order valence-electron chi connectivity index (χ4n) is 2.74. The van der Waals surface area contributed by atoms with Crippen molar-refractivity contribution < 1.29 is 4.74 Å². The van der Waals surface area contributed by atoms with Crippen molar-refractivity contribution >= 4 is 5.96 Å². The number of rotatable bonds is 5. The number of guanidine groups is 1. The first-order valence-electron chi connectivity index (χ1n) is 7.81. The highest BCUT2D eigenvalue weighted by Crippen LogP contribution is 2.23. The van der Waals surface area contributed by atoms with Crippen molar-refractivity contribution in [3.05, 3.63) is 47.3 Å². The van der Waals surface area contributed by atoms with E-state index in [0.717, 1.165) is 18.0 Å². The van der Waals surface area contributed by atoms with Gasteiger partial charge in [-0.3, -0.25) is 4.99 Å². The topological polar surface area (TPSA) is 55.8 Å².